The molecule has 9 heteroatoms. The molecule has 0 saturated carbocycles. The number of H-pyrrole nitrogens is 2. The summed E-state index contributed by atoms with van der Waals surface area (Å²) in [5.41, 5.74) is 15.6. The van der Waals surface area contributed by atoms with Gasteiger partial charge in [0, 0.05) is 71.2 Å². The number of aromatic nitrogens is 4. The zero-order valence-corrected chi connectivity index (χ0v) is 30.0. The number of fused-ring (bicyclic) bond motifs is 8. The van der Waals surface area contributed by atoms with Gasteiger partial charge in [-0.25, -0.2) is 4.98 Å². The zero-order valence-electron chi connectivity index (χ0n) is 29.3. The van der Waals surface area contributed by atoms with E-state index in [0.717, 1.165) is 62.4 Å². The Morgan fingerprint density at radius 2 is 1.53 bits per heavy atom. The van der Waals surface area contributed by atoms with Crippen LogP contribution in [0.4, 0.5) is 0 Å². The van der Waals surface area contributed by atoms with Crippen molar-refractivity contribution in [3.63, 3.8) is 0 Å². The molecular weight excluding hydrogens is 610 g/mol. The van der Waals surface area contributed by atoms with Gasteiger partial charge in [-0.05, 0) is 105 Å². The molecule has 0 fully saturated rings. The molecule has 47 heavy (non-hydrogen) atoms. The van der Waals surface area contributed by atoms with Gasteiger partial charge in [0.1, 0.15) is 0 Å². The van der Waals surface area contributed by atoms with Gasteiger partial charge in [-0.2, -0.15) is 0 Å². The van der Waals surface area contributed by atoms with Gasteiger partial charge >= 0.3 is 0 Å². The highest BCUT2D eigenvalue weighted by molar-refractivity contribution is 6.17. The topological polar surface area (TPSA) is 96.1 Å². The van der Waals surface area contributed by atoms with E-state index in [4.69, 9.17) is 31.0 Å². The average molecular weight is 660 g/mol. The molecule has 5 rings (SSSR count). The molecule has 2 N–H and O–H groups in total. The molecule has 0 radical (unpaired) electrons. The molecular formula is C38H50ClN5O3. The summed E-state index contributed by atoms with van der Waals surface area (Å²) in [5.74, 6) is 0.814. The number of alkyl halides is 1. The van der Waals surface area contributed by atoms with Crippen molar-refractivity contribution in [2.24, 2.45) is 0 Å². The monoisotopic (exact) mass is 659 g/mol. The summed E-state index contributed by atoms with van der Waals surface area (Å²) in [7, 11) is 1.84. The van der Waals surface area contributed by atoms with E-state index < -0.39 is 0 Å². The Morgan fingerprint density at radius 3 is 2.23 bits per heavy atom. The minimum Gasteiger partial charge on any atom is -0.378 e. The van der Waals surface area contributed by atoms with Crippen LogP contribution in [0, 0.1) is 27.7 Å². The molecule has 0 spiro atoms. The fraction of sp³-hybridized carbons (Fsp3) is 0.500. The van der Waals surface area contributed by atoms with Crippen molar-refractivity contribution in [2.45, 2.75) is 79.6 Å². The van der Waals surface area contributed by atoms with Crippen molar-refractivity contribution in [3.8, 4) is 0 Å². The van der Waals surface area contributed by atoms with Crippen molar-refractivity contribution in [1.29, 1.82) is 0 Å². The molecule has 0 aliphatic carbocycles. The molecule has 0 saturated heterocycles. The standard InChI is InChI=1S/C38H50ClN5O3/c1-9-28-25(5)34-20-35-26(6)29(10-11-37(45)44(8)13-15-47-17-16-46-14-12-39)38(43-35)27(7)31-18-22(2)30(40-31)19-32-23(3)24(4)33(41-32)21-36(28)42-34/h18-21,26,29,41-42H,9-17H2,1-8H3/t26-,29-/m0/s1. The molecule has 0 unspecified atom stereocenters. The van der Waals surface area contributed by atoms with Crippen LogP contribution in [0.5, 0.6) is 0 Å². The molecule has 2 atom stereocenters. The van der Waals surface area contributed by atoms with E-state index in [1.165, 1.54) is 22.3 Å². The first-order valence-corrected chi connectivity index (χ1v) is 17.4. The molecule has 3 aromatic rings. The number of carbonyl (C=O) groups is 1. The molecule has 3 aromatic heterocycles. The Balaban J connectivity index is 1.52. The highest BCUT2D eigenvalue weighted by atomic mass is 35.5. The molecule has 0 aromatic carbocycles. The van der Waals surface area contributed by atoms with Crippen molar-refractivity contribution in [3.05, 3.63) is 68.8 Å². The summed E-state index contributed by atoms with van der Waals surface area (Å²) in [6, 6.07) is 6.63. The van der Waals surface area contributed by atoms with Crippen LogP contribution < -0.4 is 0 Å². The Morgan fingerprint density at radius 1 is 0.872 bits per heavy atom. The number of likely N-dealkylation sites (N-methyl/N-ethyl adjacent to an activating group) is 1. The number of nitrogens with zero attached hydrogens (tertiary/aromatic N) is 3. The fourth-order valence-corrected chi connectivity index (χ4v) is 6.82. The predicted octanol–water partition coefficient (Wildman–Crippen LogP) is 8.07. The van der Waals surface area contributed by atoms with Gasteiger partial charge < -0.3 is 24.3 Å². The smallest absolute Gasteiger partial charge is 0.222 e. The lowest BCUT2D eigenvalue weighted by Gasteiger charge is -2.21. The third-order valence-electron chi connectivity index (χ3n) is 10.0. The number of hydrogen-bond donors (Lipinski definition) is 2. The Labute approximate surface area is 284 Å². The first-order chi connectivity index (χ1) is 22.5. The van der Waals surface area contributed by atoms with Crippen LogP contribution >= 0.6 is 11.6 Å². The third kappa shape index (κ3) is 7.50. The predicted molar refractivity (Wildman–Crippen MR) is 193 cm³/mol. The van der Waals surface area contributed by atoms with Crippen LogP contribution in [0.1, 0.15) is 96.0 Å². The molecule has 2 aliphatic heterocycles. The van der Waals surface area contributed by atoms with E-state index in [2.05, 4.69) is 82.7 Å². The molecule has 252 valence electrons. The number of nitrogens with one attached hydrogen (secondary N) is 2. The van der Waals surface area contributed by atoms with Crippen LogP contribution in [-0.2, 0) is 20.7 Å². The van der Waals surface area contributed by atoms with Crippen LogP contribution in [0.15, 0.2) is 18.2 Å². The SMILES string of the molecule is CCc1c(C)c2cc3nc(c(C)c4nc(cc5[nH]c(cc1[nH]2)c(C)c5C)C(C)=C4)[C@@H](CCC(=O)N(C)CCOCCOCCCl)[C@@H]3C. The largest absolute Gasteiger partial charge is 0.378 e. The average Bonchev–Trinajstić information content (AvgIpc) is 3.74. The summed E-state index contributed by atoms with van der Waals surface area (Å²) in [6.45, 7) is 17.7. The first kappa shape index (κ1) is 34.9. The van der Waals surface area contributed by atoms with Gasteiger partial charge in [-0.1, -0.05) is 13.8 Å². The molecule has 1 amide bonds. The van der Waals surface area contributed by atoms with Gasteiger partial charge in [-0.3, -0.25) is 9.78 Å². The lowest BCUT2D eigenvalue weighted by atomic mass is 9.85. The van der Waals surface area contributed by atoms with Gasteiger partial charge in [0.25, 0.3) is 0 Å². The number of aromatic amines is 2. The number of carbonyl (C=O) groups excluding carboxylic acids is 1. The van der Waals surface area contributed by atoms with Crippen molar-refractivity contribution in [1.82, 2.24) is 24.8 Å². The quantitative estimate of drug-likeness (QED) is 0.151. The highest BCUT2D eigenvalue weighted by Crippen LogP contribution is 2.42. The summed E-state index contributed by atoms with van der Waals surface area (Å²) in [5, 5.41) is 0. The highest BCUT2D eigenvalue weighted by Gasteiger charge is 2.31. The Kier molecular flexibility index (Phi) is 11.3. The summed E-state index contributed by atoms with van der Waals surface area (Å²) in [4.78, 5) is 32.8. The van der Waals surface area contributed by atoms with Gasteiger partial charge in [0.15, 0.2) is 0 Å². The maximum Gasteiger partial charge on any atom is 0.222 e. The lowest BCUT2D eigenvalue weighted by molar-refractivity contribution is -0.130. The van der Waals surface area contributed by atoms with Gasteiger partial charge in [0.2, 0.25) is 5.91 Å². The Bertz CT molecular complexity index is 1820. The van der Waals surface area contributed by atoms with E-state index in [1.54, 1.807) is 4.90 Å². The minimum absolute atomic E-state index is 0.0939. The zero-order chi connectivity index (χ0) is 33.8. The summed E-state index contributed by atoms with van der Waals surface area (Å²) >= 11 is 5.64. The normalized spacial score (nSPS) is 16.1. The number of aryl methyl sites for hydroxylation is 4. The van der Waals surface area contributed by atoms with Gasteiger partial charge in [-0.15, -0.1) is 11.6 Å². The van der Waals surface area contributed by atoms with Crippen molar-refractivity contribution in [2.75, 3.05) is 45.9 Å². The second kappa shape index (κ2) is 15.2. The number of ether oxygens (including phenoxy) is 2. The number of hydrogen-bond acceptors (Lipinski definition) is 5. The lowest BCUT2D eigenvalue weighted by Crippen LogP contribution is -2.30. The minimum atomic E-state index is 0.0939. The maximum atomic E-state index is 13.3. The number of allylic oxidation sites excluding steroid dienone is 1. The third-order valence-corrected chi connectivity index (χ3v) is 10.2. The van der Waals surface area contributed by atoms with Crippen LogP contribution in [0.3, 0.4) is 0 Å². The number of rotatable bonds is 12. The number of amides is 1. The maximum absolute atomic E-state index is 13.3. The van der Waals surface area contributed by atoms with E-state index in [1.807, 2.05) is 7.05 Å². The van der Waals surface area contributed by atoms with E-state index in [0.29, 0.717) is 51.7 Å². The fourth-order valence-electron chi connectivity index (χ4n) is 6.71. The van der Waals surface area contributed by atoms with Crippen molar-refractivity contribution >= 4 is 51.2 Å². The van der Waals surface area contributed by atoms with Gasteiger partial charge in [0.05, 0.1) is 37.8 Å². The molecule has 2 aliphatic rings. The summed E-state index contributed by atoms with van der Waals surface area (Å²) < 4.78 is 11.0. The summed E-state index contributed by atoms with van der Waals surface area (Å²) in [6.07, 6.45) is 4.23. The molecule has 5 heterocycles. The van der Waals surface area contributed by atoms with Crippen LogP contribution in [0.2, 0.25) is 0 Å². The van der Waals surface area contributed by atoms with Crippen LogP contribution in [0.25, 0.3) is 33.7 Å². The molecule has 8 nitrogen and oxygen atoms in total. The van der Waals surface area contributed by atoms with Crippen LogP contribution in [-0.4, -0.2) is 76.6 Å². The second-order valence-corrected chi connectivity index (χ2v) is 13.3. The number of halogens is 1. The Hall–Kier alpha value is -3.46. The first-order valence-electron chi connectivity index (χ1n) is 16.9. The van der Waals surface area contributed by atoms with E-state index in [-0.39, 0.29) is 17.7 Å². The molecule has 8 bridgehead atoms. The van der Waals surface area contributed by atoms with Crippen molar-refractivity contribution < 1.29 is 14.3 Å². The van der Waals surface area contributed by atoms with E-state index in [9.17, 15) is 4.79 Å². The van der Waals surface area contributed by atoms with E-state index >= 15 is 0 Å². The second-order valence-electron chi connectivity index (χ2n) is 13.0.